The monoisotopic (exact) mass is 338 g/mol. The lowest BCUT2D eigenvalue weighted by atomic mass is 10.1. The zero-order valence-electron chi connectivity index (χ0n) is 15.0. The van der Waals surface area contributed by atoms with Gasteiger partial charge in [-0.1, -0.05) is 72.7 Å². The van der Waals surface area contributed by atoms with E-state index >= 15 is 0 Å². The summed E-state index contributed by atoms with van der Waals surface area (Å²) in [5, 5.41) is 2.45. The Kier molecular flexibility index (Phi) is 5.31. The van der Waals surface area contributed by atoms with Gasteiger partial charge in [-0.15, -0.1) is 0 Å². The van der Waals surface area contributed by atoms with E-state index in [4.69, 9.17) is 4.43 Å². The van der Waals surface area contributed by atoms with E-state index in [1.54, 1.807) is 0 Å². The Morgan fingerprint density at radius 1 is 0.957 bits per heavy atom. The maximum absolute atomic E-state index is 5.84. The van der Waals surface area contributed by atoms with E-state index in [2.05, 4.69) is 93.1 Å². The fraction of sp³-hybridized carbons (Fsp3) is 0.300. The van der Waals surface area contributed by atoms with Crippen molar-refractivity contribution in [1.29, 1.82) is 0 Å². The minimum atomic E-state index is -1.81. The molecule has 0 amide bonds. The van der Waals surface area contributed by atoms with Gasteiger partial charge in [-0.25, -0.2) is 0 Å². The van der Waals surface area contributed by atoms with Crippen LogP contribution in [0.2, 0.25) is 32.7 Å². The Morgan fingerprint density at radius 2 is 1.61 bits per heavy atom. The first kappa shape index (κ1) is 17.7. The van der Waals surface area contributed by atoms with Crippen LogP contribution in [0.4, 0.5) is 0 Å². The highest BCUT2D eigenvalue weighted by atomic mass is 28.4. The van der Waals surface area contributed by atoms with E-state index < -0.39 is 16.4 Å². The molecule has 3 heteroatoms. The number of benzene rings is 2. The summed E-state index contributed by atoms with van der Waals surface area (Å²) >= 11 is 0. The average Bonchev–Trinajstić information content (AvgIpc) is 2.50. The Hall–Kier alpha value is -1.61. The highest BCUT2D eigenvalue weighted by Gasteiger charge is 2.35. The van der Waals surface area contributed by atoms with Gasteiger partial charge >= 0.3 is 0 Å². The van der Waals surface area contributed by atoms with Gasteiger partial charge in [-0.3, -0.25) is 0 Å². The second-order valence-corrected chi connectivity index (χ2v) is 16.8. The first-order chi connectivity index (χ1) is 10.8. The van der Waals surface area contributed by atoms with E-state index in [9.17, 15) is 0 Å². The van der Waals surface area contributed by atoms with Gasteiger partial charge in [0.05, 0.1) is 8.07 Å². The lowest BCUT2D eigenvalue weighted by molar-refractivity contribution is 0.414. The molecule has 0 heterocycles. The number of allylic oxidation sites excluding steroid dienone is 1. The van der Waals surface area contributed by atoms with Gasteiger partial charge in [0.2, 0.25) is 8.32 Å². The molecule has 2 aromatic rings. The molecule has 0 atom stereocenters. The first-order valence-corrected chi connectivity index (χ1v) is 14.4. The highest BCUT2D eigenvalue weighted by molar-refractivity contribution is 7.02. The lowest BCUT2D eigenvalue weighted by Gasteiger charge is -2.31. The Morgan fingerprint density at radius 3 is 2.26 bits per heavy atom. The molecule has 2 aromatic carbocycles. The molecular formula is C20H26OSi2. The molecule has 0 saturated heterocycles. The second-order valence-electron chi connectivity index (χ2n) is 7.32. The third-order valence-corrected chi connectivity index (χ3v) is 12.5. The largest absolute Gasteiger partial charge is 0.417 e. The van der Waals surface area contributed by atoms with Gasteiger partial charge in [0.15, 0.2) is 0 Å². The van der Waals surface area contributed by atoms with Crippen molar-refractivity contribution in [2.45, 2.75) is 32.7 Å². The first-order valence-electron chi connectivity index (χ1n) is 8.01. The van der Waals surface area contributed by atoms with Crippen LogP contribution in [0.15, 0.2) is 53.4 Å². The zero-order chi connectivity index (χ0) is 17.1. The van der Waals surface area contributed by atoms with Crippen molar-refractivity contribution in [3.05, 3.63) is 58.9 Å². The standard InChI is InChI=1S/C20H26OSi2/c1-21-23(5,6)20(22(2,3)4)16-10-14-18-13-9-12-17-11-7-8-15-19(17)18/h7-9,11-13,15-16H,1-6H3/b20-16+. The second kappa shape index (κ2) is 6.88. The summed E-state index contributed by atoms with van der Waals surface area (Å²) in [6.07, 6.45) is 2.14. The SMILES string of the molecule is CO[Si](C)(C)/C(=C/C#Cc1cccc2ccccc12)[Si](C)(C)C. The summed E-state index contributed by atoms with van der Waals surface area (Å²) in [6.45, 7) is 11.6. The van der Waals surface area contributed by atoms with Gasteiger partial charge in [0.25, 0.3) is 0 Å². The molecule has 0 bridgehead atoms. The van der Waals surface area contributed by atoms with E-state index in [0.717, 1.165) is 5.56 Å². The maximum Gasteiger partial charge on any atom is 0.210 e. The van der Waals surface area contributed by atoms with Crippen LogP contribution >= 0.6 is 0 Å². The number of hydrogen-bond acceptors (Lipinski definition) is 1. The summed E-state index contributed by atoms with van der Waals surface area (Å²) in [5.41, 5.74) is 1.09. The molecule has 0 spiro atoms. The van der Waals surface area contributed by atoms with Crippen LogP contribution in [0.25, 0.3) is 10.8 Å². The molecule has 0 aliphatic rings. The third-order valence-electron chi connectivity index (χ3n) is 4.18. The molecule has 23 heavy (non-hydrogen) atoms. The topological polar surface area (TPSA) is 9.23 Å². The Labute approximate surface area is 142 Å². The molecule has 0 fully saturated rings. The van der Waals surface area contributed by atoms with E-state index in [1.807, 2.05) is 7.11 Å². The van der Waals surface area contributed by atoms with Crippen molar-refractivity contribution in [3.63, 3.8) is 0 Å². The van der Waals surface area contributed by atoms with Crippen molar-refractivity contribution < 1.29 is 4.43 Å². The van der Waals surface area contributed by atoms with Crippen LogP contribution in [0.1, 0.15) is 5.56 Å². The number of rotatable bonds is 3. The van der Waals surface area contributed by atoms with Crippen molar-refractivity contribution in [2.75, 3.05) is 7.11 Å². The zero-order valence-corrected chi connectivity index (χ0v) is 17.0. The molecule has 0 radical (unpaired) electrons. The highest BCUT2D eigenvalue weighted by Crippen LogP contribution is 2.25. The van der Waals surface area contributed by atoms with E-state index in [-0.39, 0.29) is 0 Å². The molecule has 0 unspecified atom stereocenters. The van der Waals surface area contributed by atoms with Crippen molar-refractivity contribution in [3.8, 4) is 11.8 Å². The summed E-state index contributed by atoms with van der Waals surface area (Å²) in [7, 11) is -1.42. The van der Waals surface area contributed by atoms with Gasteiger partial charge in [0, 0.05) is 12.7 Å². The Bertz CT molecular complexity index is 781. The predicted molar refractivity (Wildman–Crippen MR) is 107 cm³/mol. The Balaban J connectivity index is 2.47. The van der Waals surface area contributed by atoms with Crippen LogP contribution < -0.4 is 0 Å². The van der Waals surface area contributed by atoms with Crippen molar-refractivity contribution in [1.82, 2.24) is 0 Å². The van der Waals surface area contributed by atoms with Crippen LogP contribution in [-0.4, -0.2) is 23.5 Å². The third kappa shape index (κ3) is 4.23. The maximum atomic E-state index is 5.84. The number of fused-ring (bicyclic) bond motifs is 1. The molecule has 1 nitrogen and oxygen atoms in total. The summed E-state index contributed by atoms with van der Waals surface area (Å²) < 4.78 is 5.84. The van der Waals surface area contributed by atoms with Gasteiger partial charge in [-0.05, 0) is 36.0 Å². The van der Waals surface area contributed by atoms with E-state index in [1.165, 1.54) is 15.6 Å². The van der Waals surface area contributed by atoms with Gasteiger partial charge in [0.1, 0.15) is 0 Å². The van der Waals surface area contributed by atoms with Crippen LogP contribution in [0.5, 0.6) is 0 Å². The minimum absolute atomic E-state index is 1.09. The molecule has 0 aliphatic heterocycles. The smallest absolute Gasteiger partial charge is 0.210 e. The molecule has 0 aromatic heterocycles. The molecule has 0 N–H and O–H groups in total. The predicted octanol–water partition coefficient (Wildman–Crippen LogP) is 5.39. The molecule has 0 aliphatic carbocycles. The molecule has 0 saturated carbocycles. The van der Waals surface area contributed by atoms with Crippen LogP contribution in [0, 0.1) is 11.8 Å². The number of hydrogen-bond donors (Lipinski definition) is 0. The van der Waals surface area contributed by atoms with E-state index in [0.29, 0.717) is 0 Å². The fourth-order valence-electron chi connectivity index (χ4n) is 2.92. The average molecular weight is 339 g/mol. The summed E-state index contributed by atoms with van der Waals surface area (Å²) in [6, 6.07) is 14.7. The summed E-state index contributed by atoms with van der Waals surface area (Å²) in [5.74, 6) is 6.67. The van der Waals surface area contributed by atoms with Crippen molar-refractivity contribution in [2.24, 2.45) is 0 Å². The fourth-order valence-corrected chi connectivity index (χ4v) is 11.6. The van der Waals surface area contributed by atoms with Crippen LogP contribution in [-0.2, 0) is 4.43 Å². The van der Waals surface area contributed by atoms with Crippen molar-refractivity contribution >= 4 is 27.2 Å². The molecular weight excluding hydrogens is 312 g/mol. The quantitative estimate of drug-likeness (QED) is 0.539. The van der Waals surface area contributed by atoms with Gasteiger partial charge in [-0.2, -0.15) is 0 Å². The van der Waals surface area contributed by atoms with Gasteiger partial charge < -0.3 is 4.43 Å². The summed E-state index contributed by atoms with van der Waals surface area (Å²) in [4.78, 5) is 1.47. The minimum Gasteiger partial charge on any atom is -0.417 e. The molecule has 120 valence electrons. The molecule has 2 rings (SSSR count). The van der Waals surface area contributed by atoms with Crippen LogP contribution in [0.3, 0.4) is 0 Å². The normalized spacial score (nSPS) is 12.9. The lowest BCUT2D eigenvalue weighted by Crippen LogP contribution is -2.44.